The molecule has 0 aliphatic carbocycles. The second kappa shape index (κ2) is 10.5. The second-order valence-corrected chi connectivity index (χ2v) is 7.06. The minimum atomic E-state index is -0.0970. The first-order valence-electron chi connectivity index (χ1n) is 10.2. The molecule has 0 radical (unpaired) electrons. The van der Waals surface area contributed by atoms with Gasteiger partial charge in [-0.1, -0.05) is 55.5 Å². The summed E-state index contributed by atoms with van der Waals surface area (Å²) in [4.78, 5) is 16.0. The zero-order valence-corrected chi connectivity index (χ0v) is 16.4. The van der Waals surface area contributed by atoms with Gasteiger partial charge in [-0.25, -0.2) is 4.98 Å². The Morgan fingerprint density at radius 2 is 1.75 bits per heavy atom. The van der Waals surface area contributed by atoms with Crippen LogP contribution in [-0.2, 0) is 24.2 Å². The lowest BCUT2D eigenvalue weighted by atomic mass is 10.1. The third-order valence-electron chi connectivity index (χ3n) is 4.99. The molecule has 0 fully saturated rings. The predicted octanol–water partition coefficient (Wildman–Crippen LogP) is 4.68. The zero-order valence-electron chi connectivity index (χ0n) is 16.4. The van der Waals surface area contributed by atoms with Crippen molar-refractivity contribution in [3.05, 3.63) is 78.6 Å². The highest BCUT2D eigenvalue weighted by atomic mass is 16.1. The standard InChI is InChI=1S/C24H29N3O/c1-2-24(28)25-18-10-4-7-17-23-26-21-15-8-9-16-22(21)27(23)19-11-14-20-12-5-3-6-13-20/h2-3,5-6,8-9,12-13,15-16H,1,4,7,10-11,14,17-19H2,(H,25,28). The zero-order chi connectivity index (χ0) is 19.6. The van der Waals surface area contributed by atoms with Gasteiger partial charge >= 0.3 is 0 Å². The summed E-state index contributed by atoms with van der Waals surface area (Å²) in [6.07, 6.45) is 7.60. The number of nitrogens with zero attached hydrogens (tertiary/aromatic N) is 2. The van der Waals surface area contributed by atoms with E-state index in [-0.39, 0.29) is 5.91 Å². The van der Waals surface area contributed by atoms with E-state index in [1.807, 2.05) is 0 Å². The molecule has 3 aromatic rings. The smallest absolute Gasteiger partial charge is 0.243 e. The molecule has 1 heterocycles. The Hall–Kier alpha value is -2.88. The molecule has 0 atom stereocenters. The number of hydrogen-bond donors (Lipinski definition) is 1. The normalized spacial score (nSPS) is 10.9. The van der Waals surface area contributed by atoms with E-state index >= 15 is 0 Å². The second-order valence-electron chi connectivity index (χ2n) is 7.06. The molecule has 0 aliphatic rings. The molecule has 3 rings (SSSR count). The minimum Gasteiger partial charge on any atom is -0.353 e. The van der Waals surface area contributed by atoms with Crippen molar-refractivity contribution in [2.45, 2.75) is 45.1 Å². The van der Waals surface area contributed by atoms with Crippen molar-refractivity contribution >= 4 is 16.9 Å². The Bertz CT molecular complexity index is 899. The average molecular weight is 376 g/mol. The largest absolute Gasteiger partial charge is 0.353 e. The van der Waals surface area contributed by atoms with Crippen LogP contribution in [0.3, 0.4) is 0 Å². The summed E-state index contributed by atoms with van der Waals surface area (Å²) in [7, 11) is 0. The fraction of sp³-hybridized carbons (Fsp3) is 0.333. The lowest BCUT2D eigenvalue weighted by Gasteiger charge is -2.10. The third kappa shape index (κ3) is 5.56. The van der Waals surface area contributed by atoms with E-state index in [4.69, 9.17) is 4.98 Å². The number of amides is 1. The van der Waals surface area contributed by atoms with Gasteiger partial charge in [-0.05, 0) is 49.5 Å². The predicted molar refractivity (Wildman–Crippen MR) is 115 cm³/mol. The van der Waals surface area contributed by atoms with E-state index in [9.17, 15) is 4.79 Å². The summed E-state index contributed by atoms with van der Waals surface area (Å²) in [5.41, 5.74) is 3.69. The SMILES string of the molecule is C=CC(=O)NCCCCCc1nc2ccccc2n1CCCc1ccccc1. The number of imidazole rings is 1. The van der Waals surface area contributed by atoms with Crippen LogP contribution in [0.15, 0.2) is 67.3 Å². The van der Waals surface area contributed by atoms with Gasteiger partial charge in [0.25, 0.3) is 0 Å². The highest BCUT2D eigenvalue weighted by molar-refractivity contribution is 5.86. The van der Waals surface area contributed by atoms with Gasteiger partial charge in [-0.2, -0.15) is 0 Å². The Morgan fingerprint density at radius 3 is 2.57 bits per heavy atom. The van der Waals surface area contributed by atoms with Crippen LogP contribution in [0.5, 0.6) is 0 Å². The maximum absolute atomic E-state index is 11.2. The number of aromatic nitrogens is 2. The van der Waals surface area contributed by atoms with Gasteiger partial charge in [0.05, 0.1) is 11.0 Å². The molecule has 0 saturated carbocycles. The van der Waals surface area contributed by atoms with E-state index in [0.29, 0.717) is 6.54 Å². The number of fused-ring (bicyclic) bond motifs is 1. The first kappa shape index (κ1) is 19.9. The number of aryl methyl sites for hydroxylation is 3. The molecule has 2 aromatic carbocycles. The number of carbonyl (C=O) groups is 1. The van der Waals surface area contributed by atoms with Crippen LogP contribution in [0.2, 0.25) is 0 Å². The van der Waals surface area contributed by atoms with Crippen LogP contribution >= 0.6 is 0 Å². The Labute approximate surface area is 167 Å². The summed E-state index contributed by atoms with van der Waals surface area (Å²) in [5, 5.41) is 2.83. The van der Waals surface area contributed by atoms with E-state index in [2.05, 4.69) is 71.1 Å². The summed E-state index contributed by atoms with van der Waals surface area (Å²) in [6, 6.07) is 19.1. The van der Waals surface area contributed by atoms with Crippen molar-refractivity contribution in [2.24, 2.45) is 0 Å². The molecule has 1 N–H and O–H groups in total. The average Bonchev–Trinajstić information content (AvgIpc) is 3.08. The molecular formula is C24H29N3O. The van der Waals surface area contributed by atoms with Crippen LogP contribution in [0.1, 0.15) is 37.1 Å². The van der Waals surface area contributed by atoms with Crippen molar-refractivity contribution in [1.29, 1.82) is 0 Å². The van der Waals surface area contributed by atoms with Crippen LogP contribution < -0.4 is 5.32 Å². The van der Waals surface area contributed by atoms with Crippen molar-refractivity contribution in [3.8, 4) is 0 Å². The third-order valence-corrected chi connectivity index (χ3v) is 4.99. The van der Waals surface area contributed by atoms with Crippen molar-refractivity contribution in [1.82, 2.24) is 14.9 Å². The number of nitrogens with one attached hydrogen (secondary N) is 1. The summed E-state index contributed by atoms with van der Waals surface area (Å²) in [6.45, 7) is 5.16. The van der Waals surface area contributed by atoms with E-state index < -0.39 is 0 Å². The lowest BCUT2D eigenvalue weighted by molar-refractivity contribution is -0.116. The molecule has 1 amide bonds. The number of rotatable bonds is 11. The van der Waals surface area contributed by atoms with Crippen molar-refractivity contribution in [2.75, 3.05) is 6.54 Å². The number of hydrogen-bond acceptors (Lipinski definition) is 2. The van der Waals surface area contributed by atoms with Gasteiger partial charge in [0.15, 0.2) is 0 Å². The quantitative estimate of drug-likeness (QED) is 0.391. The fourth-order valence-electron chi connectivity index (χ4n) is 3.52. The lowest BCUT2D eigenvalue weighted by Crippen LogP contribution is -2.21. The summed E-state index contributed by atoms with van der Waals surface area (Å²) in [5.74, 6) is 1.07. The van der Waals surface area contributed by atoms with E-state index in [1.54, 1.807) is 0 Å². The molecule has 0 bridgehead atoms. The van der Waals surface area contributed by atoms with Gasteiger partial charge in [0.1, 0.15) is 5.82 Å². The molecule has 0 saturated heterocycles. The van der Waals surface area contributed by atoms with Crippen LogP contribution in [0.4, 0.5) is 0 Å². The Morgan fingerprint density at radius 1 is 0.964 bits per heavy atom. The molecule has 1 aromatic heterocycles. The van der Waals surface area contributed by atoms with Gasteiger partial charge in [0, 0.05) is 19.5 Å². The van der Waals surface area contributed by atoms with Crippen LogP contribution in [-0.4, -0.2) is 22.0 Å². The molecule has 0 spiro atoms. The van der Waals surface area contributed by atoms with Gasteiger partial charge in [0.2, 0.25) is 5.91 Å². The first-order chi connectivity index (χ1) is 13.8. The minimum absolute atomic E-state index is 0.0970. The number of carbonyl (C=O) groups excluding carboxylic acids is 1. The van der Waals surface area contributed by atoms with Gasteiger partial charge in [-0.3, -0.25) is 4.79 Å². The summed E-state index contributed by atoms with van der Waals surface area (Å²) < 4.78 is 2.39. The number of unbranched alkanes of at least 4 members (excludes halogenated alkanes) is 2. The van der Waals surface area contributed by atoms with Gasteiger partial charge < -0.3 is 9.88 Å². The first-order valence-corrected chi connectivity index (χ1v) is 10.2. The number of benzene rings is 2. The monoisotopic (exact) mass is 375 g/mol. The molecule has 28 heavy (non-hydrogen) atoms. The van der Waals surface area contributed by atoms with Crippen LogP contribution in [0, 0.1) is 0 Å². The van der Waals surface area contributed by atoms with E-state index in [1.165, 1.54) is 23.0 Å². The highest BCUT2D eigenvalue weighted by Crippen LogP contribution is 2.19. The molecule has 0 unspecified atom stereocenters. The summed E-state index contributed by atoms with van der Waals surface area (Å²) >= 11 is 0. The molecule has 0 aliphatic heterocycles. The van der Waals surface area contributed by atoms with Crippen molar-refractivity contribution < 1.29 is 4.79 Å². The Balaban J connectivity index is 1.56. The molecule has 146 valence electrons. The maximum Gasteiger partial charge on any atom is 0.243 e. The Kier molecular flexibility index (Phi) is 7.42. The van der Waals surface area contributed by atoms with E-state index in [0.717, 1.165) is 50.6 Å². The van der Waals surface area contributed by atoms with Crippen LogP contribution in [0.25, 0.3) is 11.0 Å². The highest BCUT2D eigenvalue weighted by Gasteiger charge is 2.10. The number of para-hydroxylation sites is 2. The molecular weight excluding hydrogens is 346 g/mol. The fourth-order valence-corrected chi connectivity index (χ4v) is 3.52. The maximum atomic E-state index is 11.2. The van der Waals surface area contributed by atoms with Gasteiger partial charge in [-0.15, -0.1) is 0 Å². The van der Waals surface area contributed by atoms with Crippen molar-refractivity contribution in [3.63, 3.8) is 0 Å². The molecule has 4 nitrogen and oxygen atoms in total. The molecule has 4 heteroatoms. The topological polar surface area (TPSA) is 46.9 Å².